The van der Waals surface area contributed by atoms with Gasteiger partial charge in [-0.1, -0.05) is 0 Å². The van der Waals surface area contributed by atoms with Crippen LogP contribution in [0.4, 0.5) is 13.2 Å². The number of aromatic hydroxyl groups is 1. The first-order valence-corrected chi connectivity index (χ1v) is 8.01. The van der Waals surface area contributed by atoms with Gasteiger partial charge in [0.15, 0.2) is 5.75 Å². The fraction of sp³-hybridized carbons (Fsp3) is 0.333. The number of benzene rings is 1. The Morgan fingerprint density at radius 2 is 1.89 bits per heavy atom. The zero-order chi connectivity index (χ0) is 20.2. The third-order valence-electron chi connectivity index (χ3n) is 4.01. The van der Waals surface area contributed by atoms with E-state index in [9.17, 15) is 27.9 Å². The zero-order valence-corrected chi connectivity index (χ0v) is 14.8. The molecule has 1 aromatic heterocycles. The van der Waals surface area contributed by atoms with Gasteiger partial charge in [0.05, 0.1) is 24.4 Å². The molecule has 0 saturated carbocycles. The third kappa shape index (κ3) is 4.88. The maximum atomic E-state index is 12.6. The van der Waals surface area contributed by atoms with Crippen LogP contribution in [-0.2, 0) is 24.0 Å². The van der Waals surface area contributed by atoms with Gasteiger partial charge in [-0.25, -0.2) is 0 Å². The maximum absolute atomic E-state index is 12.6. The lowest BCUT2D eigenvalue weighted by Crippen LogP contribution is -2.27. The van der Waals surface area contributed by atoms with E-state index in [1.54, 1.807) is 11.5 Å². The predicted octanol–water partition coefficient (Wildman–Crippen LogP) is 2.46. The molecule has 146 valence electrons. The molecule has 0 radical (unpaired) electrons. The lowest BCUT2D eigenvalue weighted by Gasteiger charge is -2.18. The number of aryl methyl sites for hydroxylation is 1. The van der Waals surface area contributed by atoms with Gasteiger partial charge in [0.25, 0.3) is 5.91 Å². The van der Waals surface area contributed by atoms with Crippen LogP contribution >= 0.6 is 0 Å². The summed E-state index contributed by atoms with van der Waals surface area (Å²) in [6, 6.07) is 5.02. The number of rotatable bonds is 6. The summed E-state index contributed by atoms with van der Waals surface area (Å²) in [7, 11) is 1.50. The van der Waals surface area contributed by atoms with Crippen molar-refractivity contribution in [3.8, 4) is 5.75 Å². The topological polar surface area (TPSA) is 80.6 Å². The maximum Gasteiger partial charge on any atom is 0.416 e. The normalized spacial score (nSPS) is 11.4. The molecule has 0 saturated heterocycles. The summed E-state index contributed by atoms with van der Waals surface area (Å²) in [5.41, 5.74) is -0.643. The highest BCUT2D eigenvalue weighted by atomic mass is 19.4. The Kier molecular flexibility index (Phi) is 6.27. The van der Waals surface area contributed by atoms with E-state index in [0.717, 1.165) is 24.3 Å². The summed E-state index contributed by atoms with van der Waals surface area (Å²) in [6.45, 7) is 2.18. The Bertz CT molecular complexity index is 874. The first-order chi connectivity index (χ1) is 12.6. The van der Waals surface area contributed by atoms with Crippen LogP contribution in [0.5, 0.6) is 5.75 Å². The highest BCUT2D eigenvalue weighted by Crippen LogP contribution is 2.29. The second kappa shape index (κ2) is 8.26. The van der Waals surface area contributed by atoms with Crippen molar-refractivity contribution in [3.05, 3.63) is 63.1 Å². The van der Waals surface area contributed by atoms with Crippen molar-refractivity contribution in [2.45, 2.75) is 26.2 Å². The summed E-state index contributed by atoms with van der Waals surface area (Å²) in [5, 5.41) is 12.6. The summed E-state index contributed by atoms with van der Waals surface area (Å²) < 4.78 is 44.4. The van der Waals surface area contributed by atoms with E-state index in [4.69, 9.17) is 4.74 Å². The second-order valence-electron chi connectivity index (χ2n) is 5.85. The smallest absolute Gasteiger partial charge is 0.416 e. The van der Waals surface area contributed by atoms with Crippen LogP contribution in [0.2, 0.25) is 0 Å². The van der Waals surface area contributed by atoms with E-state index in [-0.39, 0.29) is 17.8 Å². The van der Waals surface area contributed by atoms with Crippen molar-refractivity contribution < 1.29 is 27.8 Å². The fourth-order valence-corrected chi connectivity index (χ4v) is 2.57. The van der Waals surface area contributed by atoms with Crippen molar-refractivity contribution in [1.29, 1.82) is 0 Å². The fourth-order valence-electron chi connectivity index (χ4n) is 2.57. The van der Waals surface area contributed by atoms with Crippen LogP contribution in [0.1, 0.15) is 27.3 Å². The Labute approximate surface area is 153 Å². The van der Waals surface area contributed by atoms with E-state index in [0.29, 0.717) is 18.8 Å². The number of carbonyl (C=O) groups excluding carboxylic acids is 1. The van der Waals surface area contributed by atoms with Crippen molar-refractivity contribution >= 4 is 5.91 Å². The van der Waals surface area contributed by atoms with Crippen molar-refractivity contribution in [2.24, 2.45) is 0 Å². The molecule has 0 unspecified atom stereocenters. The number of nitrogens with one attached hydrogen (secondary N) is 1. The van der Waals surface area contributed by atoms with Gasteiger partial charge in [0.2, 0.25) is 5.43 Å². The predicted molar refractivity (Wildman–Crippen MR) is 91.6 cm³/mol. The SMILES string of the molecule is COCCn1c(C)cc(=O)c(O)c1CNC(=O)c1ccc(C(F)(F)F)cc1. The van der Waals surface area contributed by atoms with Gasteiger partial charge in [0.1, 0.15) is 0 Å². The van der Waals surface area contributed by atoms with Crippen LogP contribution < -0.4 is 10.7 Å². The van der Waals surface area contributed by atoms with E-state index in [1.807, 2.05) is 0 Å². The molecule has 9 heteroatoms. The number of amides is 1. The third-order valence-corrected chi connectivity index (χ3v) is 4.01. The quantitative estimate of drug-likeness (QED) is 0.802. The number of hydrogen-bond donors (Lipinski definition) is 2. The molecule has 0 aliphatic heterocycles. The summed E-state index contributed by atoms with van der Waals surface area (Å²) in [5.74, 6) is -1.13. The van der Waals surface area contributed by atoms with Gasteiger partial charge >= 0.3 is 6.18 Å². The van der Waals surface area contributed by atoms with E-state index in [1.165, 1.54) is 13.2 Å². The summed E-state index contributed by atoms with van der Waals surface area (Å²) in [4.78, 5) is 24.0. The number of aromatic nitrogens is 1. The molecule has 1 aromatic carbocycles. The minimum Gasteiger partial charge on any atom is -0.503 e. The van der Waals surface area contributed by atoms with Crippen LogP contribution in [0.25, 0.3) is 0 Å². The molecule has 1 heterocycles. The van der Waals surface area contributed by atoms with E-state index in [2.05, 4.69) is 5.32 Å². The number of ether oxygens (including phenoxy) is 1. The molecule has 2 N–H and O–H groups in total. The molecule has 6 nitrogen and oxygen atoms in total. The molecule has 0 atom stereocenters. The number of halogens is 3. The standard InChI is InChI=1S/C18H19F3N2O4/c1-11-9-15(24)16(25)14(23(11)7-8-27-2)10-22-17(26)12-3-5-13(6-4-12)18(19,20)21/h3-6,9,25H,7-8,10H2,1-2H3,(H,22,26). The second-order valence-corrected chi connectivity index (χ2v) is 5.85. The van der Waals surface area contributed by atoms with Crippen molar-refractivity contribution in [2.75, 3.05) is 13.7 Å². The van der Waals surface area contributed by atoms with Gasteiger partial charge < -0.3 is 19.7 Å². The van der Waals surface area contributed by atoms with Crippen molar-refractivity contribution in [3.63, 3.8) is 0 Å². The minimum absolute atomic E-state index is 0.0286. The van der Waals surface area contributed by atoms with Gasteiger partial charge in [-0.3, -0.25) is 9.59 Å². The largest absolute Gasteiger partial charge is 0.503 e. The lowest BCUT2D eigenvalue weighted by molar-refractivity contribution is -0.137. The summed E-state index contributed by atoms with van der Waals surface area (Å²) in [6.07, 6.45) is -4.49. The average Bonchev–Trinajstić information content (AvgIpc) is 2.61. The molecule has 27 heavy (non-hydrogen) atoms. The van der Waals surface area contributed by atoms with Crippen LogP contribution in [0.3, 0.4) is 0 Å². The Morgan fingerprint density at radius 1 is 1.26 bits per heavy atom. The number of hydrogen-bond acceptors (Lipinski definition) is 4. The Morgan fingerprint density at radius 3 is 2.44 bits per heavy atom. The average molecular weight is 384 g/mol. The van der Waals surface area contributed by atoms with Crippen LogP contribution in [0, 0.1) is 6.92 Å². The monoisotopic (exact) mass is 384 g/mol. The van der Waals surface area contributed by atoms with Gasteiger partial charge in [0, 0.05) is 31.0 Å². The highest BCUT2D eigenvalue weighted by Gasteiger charge is 2.30. The molecule has 0 bridgehead atoms. The number of pyridine rings is 1. The molecule has 0 aliphatic rings. The first kappa shape index (κ1) is 20.5. The highest BCUT2D eigenvalue weighted by molar-refractivity contribution is 5.94. The molecule has 2 aromatic rings. The number of carbonyl (C=O) groups is 1. The number of methoxy groups -OCH3 is 1. The molecular formula is C18H19F3N2O4. The van der Waals surface area contributed by atoms with Crippen LogP contribution in [0.15, 0.2) is 35.1 Å². The lowest BCUT2D eigenvalue weighted by atomic mass is 10.1. The minimum atomic E-state index is -4.49. The molecule has 0 spiro atoms. The first-order valence-electron chi connectivity index (χ1n) is 8.01. The molecule has 0 fully saturated rings. The molecular weight excluding hydrogens is 365 g/mol. The summed E-state index contributed by atoms with van der Waals surface area (Å²) >= 11 is 0. The van der Waals surface area contributed by atoms with E-state index < -0.39 is 28.8 Å². The van der Waals surface area contributed by atoms with E-state index >= 15 is 0 Å². The number of alkyl halides is 3. The zero-order valence-electron chi connectivity index (χ0n) is 14.8. The number of nitrogens with zero attached hydrogens (tertiary/aromatic N) is 1. The van der Waals surface area contributed by atoms with Gasteiger partial charge in [-0.05, 0) is 31.2 Å². The van der Waals surface area contributed by atoms with Gasteiger partial charge in [-0.2, -0.15) is 13.2 Å². The molecule has 2 rings (SSSR count). The Balaban J connectivity index is 2.20. The molecule has 0 aliphatic carbocycles. The van der Waals surface area contributed by atoms with Crippen LogP contribution in [-0.4, -0.2) is 29.3 Å². The van der Waals surface area contributed by atoms with Crippen molar-refractivity contribution in [1.82, 2.24) is 9.88 Å². The Hall–Kier alpha value is -2.81. The van der Waals surface area contributed by atoms with Gasteiger partial charge in [-0.15, -0.1) is 0 Å². The molecule has 1 amide bonds.